The molecule has 1 aromatic carbocycles. The van der Waals surface area contributed by atoms with E-state index >= 15 is 0 Å². The molecule has 46 heavy (non-hydrogen) atoms. The van der Waals surface area contributed by atoms with Gasteiger partial charge in [-0.05, 0) is 65.6 Å². The van der Waals surface area contributed by atoms with Crippen molar-refractivity contribution in [2.24, 2.45) is 0 Å². The number of carbonyl (C=O) groups is 2. The van der Waals surface area contributed by atoms with E-state index < -0.39 is 5.97 Å². The summed E-state index contributed by atoms with van der Waals surface area (Å²) in [5, 5.41) is 6.24. The Kier molecular flexibility index (Phi) is 9.20. The van der Waals surface area contributed by atoms with E-state index in [4.69, 9.17) is 19.4 Å². The SMILES string of the molecule is C=CC(=O)Nc1cc(Nc2ncc(C(=O)OC(C)C)c(N3CC(C)(C)c4nc(C)ccc43)n2)c(OC)cc1N1CC[C@@H](N(C)C)C1. The normalized spacial score (nSPS) is 16.9. The molecule has 2 aliphatic heterocycles. The number of methoxy groups -OCH3 is 1. The monoisotopic (exact) mass is 628 g/mol. The molecule has 0 aliphatic carbocycles. The van der Waals surface area contributed by atoms with Crippen LogP contribution in [0.2, 0.25) is 0 Å². The number of fused-ring (bicyclic) bond motifs is 1. The number of esters is 1. The first kappa shape index (κ1) is 32.7. The van der Waals surface area contributed by atoms with Gasteiger partial charge in [0.2, 0.25) is 11.9 Å². The highest BCUT2D eigenvalue weighted by atomic mass is 16.5. The number of ether oxygens (including phenoxy) is 2. The minimum absolute atomic E-state index is 0.239. The van der Waals surface area contributed by atoms with Crippen LogP contribution in [-0.2, 0) is 14.9 Å². The number of aryl methyl sites for hydroxylation is 1. The molecule has 0 unspecified atom stereocenters. The summed E-state index contributed by atoms with van der Waals surface area (Å²) >= 11 is 0. The van der Waals surface area contributed by atoms with Gasteiger partial charge in [0.15, 0.2) is 5.82 Å². The number of carbonyl (C=O) groups excluding carboxylic acids is 2. The van der Waals surface area contributed by atoms with Crippen molar-refractivity contribution in [1.82, 2.24) is 19.9 Å². The Morgan fingerprint density at radius 1 is 1.15 bits per heavy atom. The summed E-state index contributed by atoms with van der Waals surface area (Å²) in [6.45, 7) is 15.6. The molecule has 12 nitrogen and oxygen atoms in total. The number of hydrogen-bond donors (Lipinski definition) is 2. The number of aromatic nitrogens is 3. The fourth-order valence-corrected chi connectivity index (χ4v) is 5.95. The summed E-state index contributed by atoms with van der Waals surface area (Å²) in [6, 6.07) is 8.06. The zero-order valence-corrected chi connectivity index (χ0v) is 28.0. The smallest absolute Gasteiger partial charge is 0.343 e. The Labute approximate surface area is 270 Å². The summed E-state index contributed by atoms with van der Waals surface area (Å²) in [6.07, 6.45) is 3.40. The van der Waals surface area contributed by atoms with Crippen LogP contribution >= 0.6 is 0 Å². The Balaban J connectivity index is 1.57. The van der Waals surface area contributed by atoms with E-state index in [0.29, 0.717) is 35.5 Å². The lowest BCUT2D eigenvalue weighted by Crippen LogP contribution is -2.31. The molecule has 1 saturated heterocycles. The number of nitrogens with one attached hydrogen (secondary N) is 2. The largest absolute Gasteiger partial charge is 0.494 e. The molecule has 0 saturated carbocycles. The highest BCUT2D eigenvalue weighted by molar-refractivity contribution is 6.02. The number of likely N-dealkylation sites (N-methyl/N-ethyl adjacent to an activating group) is 1. The lowest BCUT2D eigenvalue weighted by Gasteiger charge is -2.26. The maximum atomic E-state index is 13.3. The first-order valence-electron chi connectivity index (χ1n) is 15.5. The van der Waals surface area contributed by atoms with Crippen LogP contribution in [-0.4, -0.2) is 84.7 Å². The molecule has 1 atom stereocenters. The highest BCUT2D eigenvalue weighted by Gasteiger charge is 2.40. The van der Waals surface area contributed by atoms with Gasteiger partial charge in [0, 0.05) is 49.0 Å². The molecule has 12 heteroatoms. The highest BCUT2D eigenvalue weighted by Crippen LogP contribution is 2.44. The number of anilines is 6. The van der Waals surface area contributed by atoms with Gasteiger partial charge in [-0.15, -0.1) is 0 Å². The van der Waals surface area contributed by atoms with Crippen molar-refractivity contribution in [2.75, 3.05) is 61.3 Å². The fraction of sp³-hybridized carbons (Fsp3) is 0.441. The van der Waals surface area contributed by atoms with E-state index in [9.17, 15) is 9.59 Å². The molecule has 0 spiro atoms. The summed E-state index contributed by atoms with van der Waals surface area (Å²) < 4.78 is 11.4. The molecule has 2 aliphatic rings. The van der Waals surface area contributed by atoms with Crippen molar-refractivity contribution in [1.29, 1.82) is 0 Å². The van der Waals surface area contributed by atoms with Crippen LogP contribution in [0.5, 0.6) is 5.75 Å². The van der Waals surface area contributed by atoms with Crippen LogP contribution in [0.15, 0.2) is 43.1 Å². The van der Waals surface area contributed by atoms with Gasteiger partial charge in [-0.1, -0.05) is 20.4 Å². The van der Waals surface area contributed by atoms with Crippen LogP contribution in [0, 0.1) is 6.92 Å². The lowest BCUT2D eigenvalue weighted by molar-refractivity contribution is -0.111. The molecule has 1 fully saturated rings. The molecule has 5 rings (SSSR count). The molecule has 2 aromatic heterocycles. The molecule has 0 radical (unpaired) electrons. The summed E-state index contributed by atoms with van der Waals surface area (Å²) in [7, 11) is 5.74. The molecular formula is C34H44N8O4. The molecule has 244 valence electrons. The Morgan fingerprint density at radius 3 is 2.57 bits per heavy atom. The predicted octanol–water partition coefficient (Wildman–Crippen LogP) is 5.19. The standard InChI is InChI=1S/C34H44N8O4/c1-10-29(43)37-24-15-25(28(45-9)16-27(24)41-14-13-22(18-41)40(7)8)38-33-35-17-23(32(44)46-20(2)3)31(39-33)42-19-34(5,6)30-26(42)12-11-21(4)36-30/h10-12,15-17,20,22H,1,13-14,18-19H2,2-9H3,(H,37,43)(H,35,38,39)/t22-/m1/s1. The number of pyridine rings is 1. The maximum Gasteiger partial charge on any atom is 0.343 e. The Morgan fingerprint density at radius 2 is 1.91 bits per heavy atom. The van der Waals surface area contributed by atoms with Gasteiger partial charge in [-0.25, -0.2) is 9.78 Å². The third-order valence-electron chi connectivity index (χ3n) is 8.33. The number of hydrogen-bond acceptors (Lipinski definition) is 11. The molecular weight excluding hydrogens is 584 g/mol. The molecule has 2 N–H and O–H groups in total. The first-order chi connectivity index (χ1) is 21.8. The summed E-state index contributed by atoms with van der Waals surface area (Å²) in [5.41, 5.74) is 4.65. The Bertz CT molecular complexity index is 1650. The number of rotatable bonds is 10. The third-order valence-corrected chi connectivity index (χ3v) is 8.33. The van der Waals surface area contributed by atoms with Crippen molar-refractivity contribution in [3.05, 3.63) is 60.1 Å². The second-order valence-corrected chi connectivity index (χ2v) is 12.9. The van der Waals surface area contributed by atoms with Crippen LogP contribution in [0.3, 0.4) is 0 Å². The number of benzene rings is 1. The molecule has 4 heterocycles. The Hall–Kier alpha value is -4.71. The van der Waals surface area contributed by atoms with Crippen LogP contribution in [0.4, 0.5) is 34.5 Å². The van der Waals surface area contributed by atoms with Gasteiger partial charge < -0.3 is 34.8 Å². The minimum Gasteiger partial charge on any atom is -0.494 e. The van der Waals surface area contributed by atoms with Gasteiger partial charge >= 0.3 is 5.97 Å². The van der Waals surface area contributed by atoms with E-state index in [1.54, 1.807) is 21.0 Å². The van der Waals surface area contributed by atoms with E-state index in [0.717, 1.165) is 42.3 Å². The topological polar surface area (TPSA) is 125 Å². The average molecular weight is 629 g/mol. The summed E-state index contributed by atoms with van der Waals surface area (Å²) in [5.74, 6) is 0.347. The second kappa shape index (κ2) is 13.0. The molecule has 1 amide bonds. The fourth-order valence-electron chi connectivity index (χ4n) is 5.95. The third kappa shape index (κ3) is 6.62. The van der Waals surface area contributed by atoms with E-state index in [-0.39, 0.29) is 28.9 Å². The van der Waals surface area contributed by atoms with E-state index in [2.05, 4.69) is 59.9 Å². The van der Waals surface area contributed by atoms with Gasteiger partial charge in [0.1, 0.15) is 11.3 Å². The maximum absolute atomic E-state index is 13.3. The van der Waals surface area contributed by atoms with Crippen molar-refractivity contribution >= 4 is 46.4 Å². The van der Waals surface area contributed by atoms with Crippen molar-refractivity contribution in [2.45, 2.75) is 58.6 Å². The van der Waals surface area contributed by atoms with E-state index in [1.165, 1.54) is 12.3 Å². The minimum atomic E-state index is -0.513. The van der Waals surface area contributed by atoms with Crippen molar-refractivity contribution < 1.29 is 19.1 Å². The van der Waals surface area contributed by atoms with Crippen LogP contribution < -0.4 is 25.2 Å². The number of amides is 1. The molecule has 3 aromatic rings. The zero-order valence-electron chi connectivity index (χ0n) is 28.0. The lowest BCUT2D eigenvalue weighted by atomic mass is 9.91. The number of nitrogens with zero attached hydrogens (tertiary/aromatic N) is 6. The van der Waals surface area contributed by atoms with Gasteiger partial charge in [-0.2, -0.15) is 4.98 Å². The van der Waals surface area contributed by atoms with Gasteiger partial charge in [-0.3, -0.25) is 9.78 Å². The van der Waals surface area contributed by atoms with E-state index in [1.807, 2.05) is 36.1 Å². The van der Waals surface area contributed by atoms with Gasteiger partial charge in [0.05, 0.1) is 41.7 Å². The first-order valence-corrected chi connectivity index (χ1v) is 15.5. The zero-order chi connectivity index (χ0) is 33.3. The quantitative estimate of drug-likeness (QED) is 0.228. The van der Waals surface area contributed by atoms with Gasteiger partial charge in [0.25, 0.3) is 0 Å². The predicted molar refractivity (Wildman–Crippen MR) is 181 cm³/mol. The summed E-state index contributed by atoms with van der Waals surface area (Å²) in [4.78, 5) is 46.5. The van der Waals surface area contributed by atoms with Crippen LogP contribution in [0.1, 0.15) is 55.9 Å². The average Bonchev–Trinajstić information content (AvgIpc) is 3.60. The molecule has 0 bridgehead atoms. The van der Waals surface area contributed by atoms with Crippen molar-refractivity contribution in [3.8, 4) is 5.75 Å². The second-order valence-electron chi connectivity index (χ2n) is 12.9. The van der Waals surface area contributed by atoms with Crippen molar-refractivity contribution in [3.63, 3.8) is 0 Å². The van der Waals surface area contributed by atoms with Crippen LogP contribution in [0.25, 0.3) is 0 Å².